The van der Waals surface area contributed by atoms with Crippen LogP contribution in [0.5, 0.6) is 0 Å². The molecule has 0 saturated heterocycles. The summed E-state index contributed by atoms with van der Waals surface area (Å²) < 4.78 is 5.54. The van der Waals surface area contributed by atoms with Gasteiger partial charge in [-0.2, -0.15) is 0 Å². The summed E-state index contributed by atoms with van der Waals surface area (Å²) in [5.74, 6) is 0.903. The van der Waals surface area contributed by atoms with Crippen molar-refractivity contribution in [2.45, 2.75) is 34.6 Å². The number of ether oxygens (including phenoxy) is 1. The van der Waals surface area contributed by atoms with Gasteiger partial charge in [0, 0.05) is 6.54 Å². The fourth-order valence-corrected chi connectivity index (χ4v) is 0.909. The lowest BCUT2D eigenvalue weighted by Crippen LogP contribution is -2.18. The molecule has 0 saturated carbocycles. The normalized spacial score (nSPS) is 11.6. The minimum absolute atomic E-state index is 0.703. The molecule has 0 aromatic rings. The van der Waals surface area contributed by atoms with Crippen LogP contribution in [0.2, 0.25) is 0 Å². The van der Waals surface area contributed by atoms with E-state index in [-0.39, 0.29) is 0 Å². The van der Waals surface area contributed by atoms with Gasteiger partial charge in [-0.3, -0.25) is 0 Å². The third kappa shape index (κ3) is 11.1. The van der Waals surface area contributed by atoms with Crippen LogP contribution >= 0.6 is 0 Å². The minimum atomic E-state index is 0.703. The third-order valence-electron chi connectivity index (χ3n) is 1.77. The van der Waals surface area contributed by atoms with Gasteiger partial charge >= 0.3 is 0 Å². The van der Waals surface area contributed by atoms with Crippen LogP contribution in [0.1, 0.15) is 34.6 Å². The van der Waals surface area contributed by atoms with Crippen LogP contribution in [0.15, 0.2) is 36.1 Å². The Balaban J connectivity index is 0. The maximum absolute atomic E-state index is 5.54. The lowest BCUT2D eigenvalue weighted by Gasteiger charge is -2.07. The average molecular weight is 225 g/mol. The van der Waals surface area contributed by atoms with Crippen molar-refractivity contribution in [2.75, 3.05) is 19.7 Å². The Labute approximate surface area is 101 Å². The van der Waals surface area contributed by atoms with Gasteiger partial charge in [-0.05, 0) is 38.1 Å². The highest BCUT2D eigenvalue weighted by atomic mass is 16.5. The van der Waals surface area contributed by atoms with Gasteiger partial charge in [0.05, 0.1) is 0 Å². The molecular weight excluding hydrogens is 198 g/mol. The Bertz CT molecular complexity index is 217. The molecule has 0 amide bonds. The second kappa shape index (κ2) is 14.0. The molecule has 2 heteroatoms. The smallest absolute Gasteiger partial charge is 0.115 e. The zero-order valence-corrected chi connectivity index (χ0v) is 11.5. The average Bonchev–Trinajstić information content (AvgIpc) is 2.35. The molecule has 0 unspecified atom stereocenters. The van der Waals surface area contributed by atoms with Gasteiger partial charge in [-0.15, -0.1) is 0 Å². The van der Waals surface area contributed by atoms with Gasteiger partial charge in [0.2, 0.25) is 0 Å². The highest BCUT2D eigenvalue weighted by Crippen LogP contribution is 2.04. The number of rotatable bonds is 7. The van der Waals surface area contributed by atoms with Gasteiger partial charge in [0.15, 0.2) is 0 Å². The predicted octanol–water partition coefficient (Wildman–Crippen LogP) is 3.67. The third-order valence-corrected chi connectivity index (χ3v) is 1.77. The van der Waals surface area contributed by atoms with Crippen molar-refractivity contribution in [3.05, 3.63) is 36.1 Å². The molecule has 0 rings (SSSR count). The number of allylic oxidation sites excluding steroid dienone is 4. The first kappa shape index (κ1) is 17.4. The fourth-order valence-electron chi connectivity index (χ4n) is 0.909. The Hall–Kier alpha value is -1.02. The van der Waals surface area contributed by atoms with Crippen molar-refractivity contribution in [1.82, 2.24) is 5.32 Å². The van der Waals surface area contributed by atoms with Crippen LogP contribution in [0, 0.1) is 0 Å². The summed E-state index contributed by atoms with van der Waals surface area (Å²) in [5.41, 5.74) is 1.11. The molecule has 0 fully saturated rings. The van der Waals surface area contributed by atoms with Crippen LogP contribution in [0.25, 0.3) is 0 Å². The summed E-state index contributed by atoms with van der Waals surface area (Å²) in [6.07, 6.45) is 5.76. The van der Waals surface area contributed by atoms with Crippen LogP contribution in [0.4, 0.5) is 0 Å². The number of hydrogen-bond acceptors (Lipinski definition) is 2. The van der Waals surface area contributed by atoms with Gasteiger partial charge in [0.1, 0.15) is 12.4 Å². The maximum Gasteiger partial charge on any atom is 0.115 e. The number of likely N-dealkylation sites (N-methyl/N-ethyl adjacent to an activating group) is 1. The largest absolute Gasteiger partial charge is 0.493 e. The Kier molecular flexibility index (Phi) is 15.2. The van der Waals surface area contributed by atoms with Crippen molar-refractivity contribution < 1.29 is 4.74 Å². The number of hydrogen-bond donors (Lipinski definition) is 1. The topological polar surface area (TPSA) is 21.3 Å². The molecule has 94 valence electrons. The molecule has 16 heavy (non-hydrogen) atoms. The zero-order chi connectivity index (χ0) is 12.8. The van der Waals surface area contributed by atoms with E-state index in [1.807, 2.05) is 45.9 Å². The van der Waals surface area contributed by atoms with Gasteiger partial charge in [0.25, 0.3) is 0 Å². The van der Waals surface area contributed by atoms with Crippen molar-refractivity contribution in [1.29, 1.82) is 0 Å². The first-order valence-corrected chi connectivity index (χ1v) is 6.05. The summed E-state index contributed by atoms with van der Waals surface area (Å²) in [7, 11) is 0. The molecule has 0 aromatic carbocycles. The molecule has 1 N–H and O–H groups in total. The van der Waals surface area contributed by atoms with E-state index in [2.05, 4.69) is 18.8 Å². The molecule has 0 aliphatic carbocycles. The predicted molar refractivity (Wildman–Crippen MR) is 73.6 cm³/mol. The van der Waals surface area contributed by atoms with E-state index >= 15 is 0 Å². The molecule has 0 aliphatic rings. The molecule has 0 aromatic heterocycles. The molecule has 0 bridgehead atoms. The quantitative estimate of drug-likeness (QED) is 0.405. The standard InChI is InChI=1S/C12H21NO.C2H6/c1-5-11(4)10-12(6-2)14-9-8-13-7-3;1-2/h5-6,10,13H,1,7-9H2,2-4H3;1-2H3/b11-10-,12-6+;. The summed E-state index contributed by atoms with van der Waals surface area (Å²) >= 11 is 0. The summed E-state index contributed by atoms with van der Waals surface area (Å²) in [5, 5.41) is 3.20. The van der Waals surface area contributed by atoms with Crippen molar-refractivity contribution in [3.8, 4) is 0 Å². The molecule has 2 nitrogen and oxygen atoms in total. The van der Waals surface area contributed by atoms with Crippen molar-refractivity contribution >= 4 is 0 Å². The molecule has 0 radical (unpaired) electrons. The Morgan fingerprint density at radius 3 is 2.44 bits per heavy atom. The molecular formula is C14H27NO. The highest BCUT2D eigenvalue weighted by molar-refractivity contribution is 5.23. The molecule has 0 aliphatic heterocycles. The van der Waals surface area contributed by atoms with Crippen molar-refractivity contribution in [2.24, 2.45) is 0 Å². The van der Waals surface area contributed by atoms with E-state index in [1.165, 1.54) is 0 Å². The monoisotopic (exact) mass is 225 g/mol. The summed E-state index contributed by atoms with van der Waals surface area (Å²) in [6, 6.07) is 0. The SMILES string of the molecule is C=C/C(C)=C\C(=C/C)OCCNCC.CC. The van der Waals surface area contributed by atoms with E-state index in [1.54, 1.807) is 0 Å². The lowest BCUT2D eigenvalue weighted by molar-refractivity contribution is 0.224. The van der Waals surface area contributed by atoms with Gasteiger partial charge in [-0.25, -0.2) is 0 Å². The first-order valence-electron chi connectivity index (χ1n) is 6.05. The van der Waals surface area contributed by atoms with E-state index in [4.69, 9.17) is 4.74 Å². The van der Waals surface area contributed by atoms with E-state index < -0.39 is 0 Å². The molecule has 0 spiro atoms. The Morgan fingerprint density at radius 1 is 1.38 bits per heavy atom. The second-order valence-electron chi connectivity index (χ2n) is 2.99. The maximum atomic E-state index is 5.54. The van der Waals surface area contributed by atoms with Crippen LogP contribution in [-0.4, -0.2) is 19.7 Å². The Morgan fingerprint density at radius 2 is 2.00 bits per heavy atom. The van der Waals surface area contributed by atoms with E-state index in [9.17, 15) is 0 Å². The molecule has 0 atom stereocenters. The van der Waals surface area contributed by atoms with E-state index in [0.29, 0.717) is 6.61 Å². The summed E-state index contributed by atoms with van der Waals surface area (Å²) in [4.78, 5) is 0. The van der Waals surface area contributed by atoms with Crippen LogP contribution in [0.3, 0.4) is 0 Å². The van der Waals surface area contributed by atoms with Gasteiger partial charge in [-0.1, -0.05) is 33.4 Å². The van der Waals surface area contributed by atoms with E-state index in [0.717, 1.165) is 24.4 Å². The fraction of sp³-hybridized carbons (Fsp3) is 0.571. The lowest BCUT2D eigenvalue weighted by atomic mass is 10.2. The summed E-state index contributed by atoms with van der Waals surface area (Å²) in [6.45, 7) is 16.3. The second-order valence-corrected chi connectivity index (χ2v) is 2.99. The highest BCUT2D eigenvalue weighted by Gasteiger charge is 1.92. The zero-order valence-electron chi connectivity index (χ0n) is 11.5. The van der Waals surface area contributed by atoms with Crippen LogP contribution in [-0.2, 0) is 4.74 Å². The molecule has 0 heterocycles. The van der Waals surface area contributed by atoms with Crippen LogP contribution < -0.4 is 5.32 Å². The van der Waals surface area contributed by atoms with Gasteiger partial charge < -0.3 is 10.1 Å². The first-order chi connectivity index (χ1) is 7.74. The number of nitrogens with one attached hydrogen (secondary N) is 1. The minimum Gasteiger partial charge on any atom is -0.493 e. The van der Waals surface area contributed by atoms with Crippen molar-refractivity contribution in [3.63, 3.8) is 0 Å².